The molecule has 9 nitrogen and oxygen atoms in total. The average molecular weight is 441 g/mol. The smallest absolute Gasteiger partial charge is 0.243 e. The number of rotatable bonds is 7. The fraction of sp³-hybridized carbons (Fsp3) is 0.286. The van der Waals surface area contributed by atoms with Crippen molar-refractivity contribution in [3.8, 4) is 5.75 Å². The predicted octanol–water partition coefficient (Wildman–Crippen LogP) is 2.52. The van der Waals surface area contributed by atoms with Gasteiger partial charge in [-0.1, -0.05) is 6.07 Å². The second kappa shape index (κ2) is 9.27. The third-order valence-corrected chi connectivity index (χ3v) is 6.82. The normalized spacial score (nSPS) is 14.9. The minimum atomic E-state index is -3.54. The third kappa shape index (κ3) is 4.92. The summed E-state index contributed by atoms with van der Waals surface area (Å²) >= 11 is 0. The molecule has 0 bridgehead atoms. The lowest BCUT2D eigenvalue weighted by Crippen LogP contribution is -2.48. The first-order valence-corrected chi connectivity index (χ1v) is 11.5. The van der Waals surface area contributed by atoms with Crippen molar-refractivity contribution in [3.05, 3.63) is 60.8 Å². The maximum Gasteiger partial charge on any atom is 0.243 e. The minimum absolute atomic E-state index is 0.272. The lowest BCUT2D eigenvalue weighted by atomic mass is 10.3. The highest BCUT2D eigenvalue weighted by atomic mass is 32.2. The summed E-state index contributed by atoms with van der Waals surface area (Å²) in [6.07, 6.45) is 1.70. The molecule has 0 amide bonds. The van der Waals surface area contributed by atoms with E-state index in [1.807, 2.05) is 42.2 Å². The molecule has 1 aliphatic rings. The molecule has 0 atom stereocenters. The topological polar surface area (TPSA) is 101 Å². The van der Waals surface area contributed by atoms with E-state index in [2.05, 4.69) is 20.5 Å². The molecule has 1 saturated heterocycles. The Labute approximate surface area is 181 Å². The third-order valence-electron chi connectivity index (χ3n) is 4.91. The van der Waals surface area contributed by atoms with Gasteiger partial charge in [-0.3, -0.25) is 0 Å². The van der Waals surface area contributed by atoms with Crippen LogP contribution in [-0.4, -0.2) is 60.7 Å². The molecule has 1 aromatic carbocycles. The summed E-state index contributed by atoms with van der Waals surface area (Å²) in [6.45, 7) is 4.27. The quantitative estimate of drug-likeness (QED) is 0.598. The molecule has 0 unspecified atom stereocenters. The molecule has 0 aliphatic carbocycles. The number of hydrogen-bond donors (Lipinski definition) is 1. The zero-order valence-corrected chi connectivity index (χ0v) is 18.0. The average Bonchev–Trinajstić information content (AvgIpc) is 2.81. The fourth-order valence-corrected chi connectivity index (χ4v) is 4.73. The summed E-state index contributed by atoms with van der Waals surface area (Å²) in [5.41, 5.74) is 0. The summed E-state index contributed by atoms with van der Waals surface area (Å²) in [7, 11) is -3.54. The van der Waals surface area contributed by atoms with E-state index in [4.69, 9.17) is 4.74 Å². The van der Waals surface area contributed by atoms with Crippen LogP contribution in [-0.2, 0) is 10.0 Å². The number of piperazine rings is 1. The summed E-state index contributed by atoms with van der Waals surface area (Å²) in [5, 5.41) is 11.6. The van der Waals surface area contributed by atoms with Crippen LogP contribution in [0, 0.1) is 0 Å². The van der Waals surface area contributed by atoms with Gasteiger partial charge in [-0.15, -0.1) is 10.2 Å². The van der Waals surface area contributed by atoms with Gasteiger partial charge in [0, 0.05) is 32.4 Å². The molecule has 3 heterocycles. The van der Waals surface area contributed by atoms with Crippen molar-refractivity contribution in [1.29, 1.82) is 0 Å². The van der Waals surface area contributed by atoms with Gasteiger partial charge in [-0.2, -0.15) is 4.31 Å². The molecule has 0 spiro atoms. The van der Waals surface area contributed by atoms with E-state index in [0.29, 0.717) is 56.0 Å². The summed E-state index contributed by atoms with van der Waals surface area (Å²) in [4.78, 5) is 6.50. The Morgan fingerprint density at radius 1 is 0.935 bits per heavy atom. The number of sulfonamides is 1. The number of ether oxygens (including phenoxy) is 1. The molecule has 10 heteroatoms. The predicted molar refractivity (Wildman–Crippen MR) is 118 cm³/mol. The standard InChI is InChI=1S/C21H24N6O3S/c1-2-30-17-6-8-18(9-7-17)31(28,29)27-15-13-26(14-16-27)21-11-10-20(24-25-21)23-19-5-3-4-12-22-19/h3-12H,2,13-16H2,1H3,(H,22,23,24). The molecule has 1 N–H and O–H groups in total. The molecule has 0 saturated carbocycles. The summed E-state index contributed by atoms with van der Waals surface area (Å²) < 4.78 is 32.8. The zero-order valence-electron chi connectivity index (χ0n) is 17.2. The van der Waals surface area contributed by atoms with Crippen molar-refractivity contribution in [1.82, 2.24) is 19.5 Å². The van der Waals surface area contributed by atoms with Crippen LogP contribution >= 0.6 is 0 Å². The fourth-order valence-electron chi connectivity index (χ4n) is 3.31. The van der Waals surface area contributed by atoms with Crippen molar-refractivity contribution < 1.29 is 13.2 Å². The Kier molecular flexibility index (Phi) is 6.28. The molecule has 2 aromatic heterocycles. The highest BCUT2D eigenvalue weighted by molar-refractivity contribution is 7.89. The first kappa shape index (κ1) is 21.0. The number of anilines is 3. The van der Waals surface area contributed by atoms with E-state index in [-0.39, 0.29) is 4.90 Å². The van der Waals surface area contributed by atoms with Gasteiger partial charge in [-0.25, -0.2) is 13.4 Å². The summed E-state index contributed by atoms with van der Waals surface area (Å²) in [6, 6.07) is 15.8. The maximum atomic E-state index is 12.9. The van der Waals surface area contributed by atoms with E-state index in [1.165, 1.54) is 4.31 Å². The SMILES string of the molecule is CCOc1ccc(S(=O)(=O)N2CCN(c3ccc(Nc4ccccn4)nn3)CC2)cc1. The molecule has 3 aromatic rings. The monoisotopic (exact) mass is 440 g/mol. The van der Waals surface area contributed by atoms with Crippen molar-refractivity contribution in [2.45, 2.75) is 11.8 Å². The lowest BCUT2D eigenvalue weighted by Gasteiger charge is -2.34. The highest BCUT2D eigenvalue weighted by Gasteiger charge is 2.29. The van der Waals surface area contributed by atoms with Crippen LogP contribution in [0.25, 0.3) is 0 Å². The second-order valence-electron chi connectivity index (χ2n) is 6.91. The Balaban J connectivity index is 1.36. The minimum Gasteiger partial charge on any atom is -0.494 e. The van der Waals surface area contributed by atoms with Crippen LogP contribution in [0.5, 0.6) is 5.75 Å². The molecular weight excluding hydrogens is 416 g/mol. The number of nitrogens with zero attached hydrogens (tertiary/aromatic N) is 5. The number of hydrogen-bond acceptors (Lipinski definition) is 8. The van der Waals surface area contributed by atoms with Gasteiger partial charge < -0.3 is 15.0 Å². The van der Waals surface area contributed by atoms with Crippen LogP contribution in [0.4, 0.5) is 17.5 Å². The number of pyridine rings is 1. The van der Waals surface area contributed by atoms with E-state index < -0.39 is 10.0 Å². The van der Waals surface area contributed by atoms with Gasteiger partial charge in [0.1, 0.15) is 11.6 Å². The number of nitrogens with one attached hydrogen (secondary N) is 1. The van der Waals surface area contributed by atoms with Gasteiger partial charge >= 0.3 is 0 Å². The molecule has 162 valence electrons. The van der Waals surface area contributed by atoms with E-state index in [1.54, 1.807) is 30.5 Å². The molecule has 0 radical (unpaired) electrons. The Hall–Kier alpha value is -3.24. The van der Waals surface area contributed by atoms with Crippen LogP contribution in [0.15, 0.2) is 65.7 Å². The van der Waals surface area contributed by atoms with Crippen LogP contribution < -0.4 is 15.0 Å². The molecule has 1 fully saturated rings. The van der Waals surface area contributed by atoms with Crippen LogP contribution in [0.2, 0.25) is 0 Å². The maximum absolute atomic E-state index is 12.9. The van der Waals surface area contributed by atoms with Gasteiger partial charge in [-0.05, 0) is 55.5 Å². The summed E-state index contributed by atoms with van der Waals surface area (Å²) in [5.74, 6) is 2.66. The largest absolute Gasteiger partial charge is 0.494 e. The Bertz CT molecular complexity index is 1080. The Morgan fingerprint density at radius 3 is 2.32 bits per heavy atom. The van der Waals surface area contributed by atoms with Crippen molar-refractivity contribution in [2.24, 2.45) is 0 Å². The van der Waals surface area contributed by atoms with Crippen molar-refractivity contribution in [3.63, 3.8) is 0 Å². The van der Waals surface area contributed by atoms with Crippen molar-refractivity contribution in [2.75, 3.05) is 43.0 Å². The van der Waals surface area contributed by atoms with E-state index in [0.717, 1.165) is 0 Å². The first-order chi connectivity index (χ1) is 15.1. The van der Waals surface area contributed by atoms with E-state index in [9.17, 15) is 8.42 Å². The van der Waals surface area contributed by atoms with E-state index >= 15 is 0 Å². The number of benzene rings is 1. The second-order valence-corrected chi connectivity index (χ2v) is 8.85. The molecule has 31 heavy (non-hydrogen) atoms. The lowest BCUT2D eigenvalue weighted by molar-refractivity contribution is 0.340. The zero-order chi connectivity index (χ0) is 21.7. The highest BCUT2D eigenvalue weighted by Crippen LogP contribution is 2.22. The molecule has 4 rings (SSSR count). The van der Waals surface area contributed by atoms with Gasteiger partial charge in [0.05, 0.1) is 11.5 Å². The number of aromatic nitrogens is 3. The van der Waals surface area contributed by atoms with Crippen LogP contribution in [0.1, 0.15) is 6.92 Å². The Morgan fingerprint density at radius 2 is 1.71 bits per heavy atom. The van der Waals surface area contributed by atoms with Crippen LogP contribution in [0.3, 0.4) is 0 Å². The van der Waals surface area contributed by atoms with Gasteiger partial charge in [0.25, 0.3) is 0 Å². The van der Waals surface area contributed by atoms with Gasteiger partial charge in [0.2, 0.25) is 10.0 Å². The molecule has 1 aliphatic heterocycles. The molecular formula is C21H24N6O3S. The first-order valence-electron chi connectivity index (χ1n) is 10.1. The van der Waals surface area contributed by atoms with Gasteiger partial charge in [0.15, 0.2) is 11.6 Å². The van der Waals surface area contributed by atoms with Crippen molar-refractivity contribution >= 4 is 27.5 Å².